The lowest BCUT2D eigenvalue weighted by molar-refractivity contribution is -0.125. The van der Waals surface area contributed by atoms with Crippen LogP contribution in [0.3, 0.4) is 0 Å². The van der Waals surface area contributed by atoms with Crippen molar-refractivity contribution < 1.29 is 9.90 Å². The van der Waals surface area contributed by atoms with Crippen LogP contribution in [0.2, 0.25) is 0 Å². The number of amides is 1. The highest BCUT2D eigenvalue weighted by Gasteiger charge is 2.12. The van der Waals surface area contributed by atoms with Crippen LogP contribution in [0.4, 0.5) is 11.8 Å². The van der Waals surface area contributed by atoms with Gasteiger partial charge in [0.1, 0.15) is 11.9 Å². The number of nitrogens with one attached hydrogen (secondary N) is 2. The molecule has 7 heteroatoms. The standard InChI is InChI=1S/C12H15N5O2/c1-14-12-16-8-5-3-2-4-7(8)11(17-12)15-6-9(18)10(13)19/h2-5,9,18H,6H2,1H3,(H2,13,19)(H2,14,15,16,17). The molecule has 7 nitrogen and oxygen atoms in total. The number of aliphatic hydroxyl groups is 1. The first-order valence-electron chi connectivity index (χ1n) is 5.77. The first kappa shape index (κ1) is 13.0. The van der Waals surface area contributed by atoms with Crippen molar-refractivity contribution in [3.63, 3.8) is 0 Å². The second-order valence-corrected chi connectivity index (χ2v) is 3.96. The lowest BCUT2D eigenvalue weighted by Crippen LogP contribution is -2.34. The third kappa shape index (κ3) is 2.89. The Morgan fingerprint density at radius 3 is 2.84 bits per heavy atom. The van der Waals surface area contributed by atoms with Gasteiger partial charge < -0.3 is 21.5 Å². The summed E-state index contributed by atoms with van der Waals surface area (Å²) in [6.45, 7) is -0.000501. The second-order valence-electron chi connectivity index (χ2n) is 3.96. The van der Waals surface area contributed by atoms with Gasteiger partial charge in [-0.2, -0.15) is 4.98 Å². The lowest BCUT2D eigenvalue weighted by Gasteiger charge is -2.12. The smallest absolute Gasteiger partial charge is 0.248 e. The van der Waals surface area contributed by atoms with E-state index in [9.17, 15) is 9.90 Å². The van der Waals surface area contributed by atoms with Crippen molar-refractivity contribution in [2.75, 3.05) is 24.2 Å². The minimum absolute atomic E-state index is 0.000501. The van der Waals surface area contributed by atoms with E-state index in [4.69, 9.17) is 5.73 Å². The first-order valence-corrected chi connectivity index (χ1v) is 5.77. The van der Waals surface area contributed by atoms with Gasteiger partial charge in [0.2, 0.25) is 11.9 Å². The van der Waals surface area contributed by atoms with Gasteiger partial charge in [0, 0.05) is 12.4 Å². The average molecular weight is 261 g/mol. The fraction of sp³-hybridized carbons (Fsp3) is 0.250. The van der Waals surface area contributed by atoms with Crippen LogP contribution in [0.5, 0.6) is 0 Å². The van der Waals surface area contributed by atoms with Gasteiger partial charge in [0.15, 0.2) is 0 Å². The Hall–Kier alpha value is -2.41. The molecule has 5 N–H and O–H groups in total. The van der Waals surface area contributed by atoms with Gasteiger partial charge in [-0.15, -0.1) is 0 Å². The summed E-state index contributed by atoms with van der Waals surface area (Å²) in [4.78, 5) is 19.3. The lowest BCUT2D eigenvalue weighted by atomic mass is 10.2. The Morgan fingerprint density at radius 2 is 2.16 bits per heavy atom. The highest BCUT2D eigenvalue weighted by Crippen LogP contribution is 2.21. The Labute approximate surface area is 109 Å². The number of fused-ring (bicyclic) bond motifs is 1. The SMILES string of the molecule is CNc1nc(NCC(O)C(N)=O)c2ccccc2n1. The number of primary amides is 1. The molecule has 1 atom stereocenters. The topological polar surface area (TPSA) is 113 Å². The predicted molar refractivity (Wildman–Crippen MR) is 72.8 cm³/mol. The molecule has 0 aliphatic heterocycles. The number of nitrogens with zero attached hydrogens (tertiary/aromatic N) is 2. The maximum Gasteiger partial charge on any atom is 0.248 e. The maximum absolute atomic E-state index is 10.8. The van der Waals surface area contributed by atoms with Crippen LogP contribution in [0.25, 0.3) is 10.9 Å². The fourth-order valence-corrected chi connectivity index (χ4v) is 1.62. The molecule has 1 aromatic carbocycles. The molecule has 0 radical (unpaired) electrons. The van der Waals surface area contributed by atoms with Crippen LogP contribution in [0.1, 0.15) is 0 Å². The molecule has 0 aliphatic carbocycles. The van der Waals surface area contributed by atoms with Crippen LogP contribution in [-0.4, -0.2) is 40.7 Å². The van der Waals surface area contributed by atoms with Gasteiger partial charge in [0.25, 0.3) is 0 Å². The maximum atomic E-state index is 10.8. The molecule has 1 amide bonds. The predicted octanol–water partition coefficient (Wildman–Crippen LogP) is -0.0704. The summed E-state index contributed by atoms with van der Waals surface area (Å²) in [6, 6.07) is 7.44. The summed E-state index contributed by atoms with van der Waals surface area (Å²) in [5, 5.41) is 15.9. The monoisotopic (exact) mass is 261 g/mol. The Kier molecular flexibility index (Phi) is 3.76. The molecule has 2 aromatic rings. The molecule has 0 saturated carbocycles. The van der Waals surface area contributed by atoms with E-state index < -0.39 is 12.0 Å². The molecule has 0 bridgehead atoms. The van der Waals surface area contributed by atoms with Gasteiger partial charge in [-0.1, -0.05) is 12.1 Å². The Bertz CT molecular complexity index is 602. The van der Waals surface area contributed by atoms with Crippen molar-refractivity contribution in [3.8, 4) is 0 Å². The van der Waals surface area contributed by atoms with Crippen molar-refractivity contribution in [1.29, 1.82) is 0 Å². The van der Waals surface area contributed by atoms with E-state index in [1.807, 2.05) is 24.3 Å². The molecule has 1 heterocycles. The fourth-order valence-electron chi connectivity index (χ4n) is 1.62. The summed E-state index contributed by atoms with van der Waals surface area (Å²) in [6.07, 6.45) is -1.26. The highest BCUT2D eigenvalue weighted by atomic mass is 16.3. The molecular formula is C12H15N5O2. The van der Waals surface area contributed by atoms with Crippen molar-refractivity contribution in [2.45, 2.75) is 6.10 Å². The van der Waals surface area contributed by atoms with E-state index >= 15 is 0 Å². The van der Waals surface area contributed by atoms with E-state index in [2.05, 4.69) is 20.6 Å². The Morgan fingerprint density at radius 1 is 1.42 bits per heavy atom. The molecule has 0 fully saturated rings. The zero-order valence-corrected chi connectivity index (χ0v) is 10.4. The molecule has 19 heavy (non-hydrogen) atoms. The third-order valence-corrected chi connectivity index (χ3v) is 2.62. The van der Waals surface area contributed by atoms with Gasteiger partial charge in [-0.05, 0) is 12.1 Å². The van der Waals surface area contributed by atoms with Crippen molar-refractivity contribution in [3.05, 3.63) is 24.3 Å². The van der Waals surface area contributed by atoms with E-state index in [1.54, 1.807) is 7.05 Å². The number of aromatic nitrogens is 2. The number of nitrogens with two attached hydrogens (primary N) is 1. The van der Waals surface area contributed by atoms with Gasteiger partial charge in [-0.3, -0.25) is 4.79 Å². The molecule has 0 spiro atoms. The number of aliphatic hydroxyl groups excluding tert-OH is 1. The van der Waals surface area contributed by atoms with Crippen molar-refractivity contribution in [1.82, 2.24) is 9.97 Å². The minimum atomic E-state index is -1.26. The molecule has 2 rings (SSSR count). The number of rotatable bonds is 5. The quantitative estimate of drug-likeness (QED) is 0.599. The zero-order valence-electron chi connectivity index (χ0n) is 10.4. The van der Waals surface area contributed by atoms with E-state index in [0.29, 0.717) is 11.8 Å². The number of carbonyl (C=O) groups is 1. The highest BCUT2D eigenvalue weighted by molar-refractivity contribution is 5.90. The molecule has 100 valence electrons. The van der Waals surface area contributed by atoms with Crippen LogP contribution in [0.15, 0.2) is 24.3 Å². The number of hydrogen-bond donors (Lipinski definition) is 4. The summed E-state index contributed by atoms with van der Waals surface area (Å²) < 4.78 is 0. The molecule has 1 aromatic heterocycles. The minimum Gasteiger partial charge on any atom is -0.381 e. The third-order valence-electron chi connectivity index (χ3n) is 2.62. The van der Waals surface area contributed by atoms with E-state index in [-0.39, 0.29) is 6.54 Å². The van der Waals surface area contributed by atoms with Crippen molar-refractivity contribution >= 4 is 28.6 Å². The van der Waals surface area contributed by atoms with E-state index in [0.717, 1.165) is 10.9 Å². The summed E-state index contributed by atoms with van der Waals surface area (Å²) in [5.41, 5.74) is 5.76. The average Bonchev–Trinajstić information content (AvgIpc) is 2.43. The normalized spacial score (nSPS) is 12.1. The van der Waals surface area contributed by atoms with Gasteiger partial charge in [0.05, 0.1) is 12.1 Å². The van der Waals surface area contributed by atoms with Crippen LogP contribution in [-0.2, 0) is 4.79 Å². The van der Waals surface area contributed by atoms with Gasteiger partial charge >= 0.3 is 0 Å². The van der Waals surface area contributed by atoms with Crippen LogP contribution in [0, 0.1) is 0 Å². The summed E-state index contributed by atoms with van der Waals surface area (Å²) in [7, 11) is 1.71. The molecule has 1 unspecified atom stereocenters. The largest absolute Gasteiger partial charge is 0.381 e. The molecular weight excluding hydrogens is 246 g/mol. The number of benzene rings is 1. The van der Waals surface area contributed by atoms with Crippen molar-refractivity contribution in [2.24, 2.45) is 5.73 Å². The number of para-hydroxylation sites is 1. The first-order chi connectivity index (χ1) is 9.11. The summed E-state index contributed by atoms with van der Waals surface area (Å²) in [5.74, 6) is 0.213. The Balaban J connectivity index is 2.32. The number of anilines is 2. The van der Waals surface area contributed by atoms with E-state index in [1.165, 1.54) is 0 Å². The summed E-state index contributed by atoms with van der Waals surface area (Å²) >= 11 is 0. The van der Waals surface area contributed by atoms with Crippen LogP contribution < -0.4 is 16.4 Å². The second kappa shape index (κ2) is 5.49. The number of hydrogen-bond acceptors (Lipinski definition) is 6. The zero-order chi connectivity index (χ0) is 13.8. The van der Waals surface area contributed by atoms with Gasteiger partial charge in [-0.25, -0.2) is 4.98 Å². The number of carbonyl (C=O) groups excluding carboxylic acids is 1. The molecule has 0 saturated heterocycles. The van der Waals surface area contributed by atoms with Crippen LogP contribution >= 0.6 is 0 Å². The molecule has 0 aliphatic rings.